The Morgan fingerprint density at radius 2 is 2.03 bits per heavy atom. The van der Waals surface area contributed by atoms with Crippen LogP contribution in [0.4, 0.5) is 10.2 Å². The molecule has 0 aliphatic heterocycles. The molecule has 0 fully saturated rings. The van der Waals surface area contributed by atoms with E-state index in [-0.39, 0.29) is 10.8 Å². The Bertz CT molecular complexity index is 1450. The highest BCUT2D eigenvalue weighted by molar-refractivity contribution is 6.32. The molecule has 0 bridgehead atoms. The second kappa shape index (κ2) is 10.3. The third-order valence-corrected chi connectivity index (χ3v) is 5.49. The van der Waals surface area contributed by atoms with Gasteiger partial charge in [-0.1, -0.05) is 11.6 Å². The van der Waals surface area contributed by atoms with Gasteiger partial charge in [-0.2, -0.15) is 5.26 Å². The van der Waals surface area contributed by atoms with Crippen LogP contribution in [0.5, 0.6) is 11.5 Å². The van der Waals surface area contributed by atoms with Crippen molar-refractivity contribution < 1.29 is 23.8 Å². The quantitative estimate of drug-likeness (QED) is 0.351. The molecule has 2 aromatic carbocycles. The van der Waals surface area contributed by atoms with Crippen molar-refractivity contribution in [2.24, 2.45) is 0 Å². The molecule has 4 rings (SSSR count). The van der Waals surface area contributed by atoms with Gasteiger partial charge in [0, 0.05) is 30.1 Å². The molecule has 11 heteroatoms. The number of rotatable bonds is 9. The number of benzene rings is 2. The predicted octanol–water partition coefficient (Wildman–Crippen LogP) is 4.35. The number of carboxylic acids is 1. The summed E-state index contributed by atoms with van der Waals surface area (Å²) in [6, 6.07) is 13.1. The van der Waals surface area contributed by atoms with E-state index in [2.05, 4.69) is 21.4 Å². The van der Waals surface area contributed by atoms with E-state index in [1.165, 1.54) is 25.6 Å². The topological polar surface area (TPSA) is 122 Å². The Morgan fingerprint density at radius 1 is 1.23 bits per heavy atom. The fourth-order valence-electron chi connectivity index (χ4n) is 3.64. The van der Waals surface area contributed by atoms with E-state index >= 15 is 0 Å². The summed E-state index contributed by atoms with van der Waals surface area (Å²) < 4.78 is 26.6. The van der Waals surface area contributed by atoms with Gasteiger partial charge < -0.3 is 24.5 Å². The number of nitrogens with one attached hydrogen (secondary N) is 1. The fraction of sp³-hybridized carbons (Fsp3) is 0.167. The SMILES string of the molecule is COc1ccc(F)c2c1cc(C#N)n2CCNc1cc(-c2ccc(OCC(=O)O)c(Cl)c2)ncn1. The van der Waals surface area contributed by atoms with Gasteiger partial charge in [0.05, 0.1) is 23.3 Å². The van der Waals surface area contributed by atoms with Crippen molar-refractivity contribution in [3.63, 3.8) is 0 Å². The minimum absolute atomic E-state index is 0.248. The zero-order chi connectivity index (χ0) is 24.9. The number of fused-ring (bicyclic) bond motifs is 1. The third-order valence-electron chi connectivity index (χ3n) is 5.19. The van der Waals surface area contributed by atoms with Crippen molar-refractivity contribution in [2.75, 3.05) is 25.6 Å². The number of methoxy groups -OCH3 is 1. The molecule has 35 heavy (non-hydrogen) atoms. The first-order chi connectivity index (χ1) is 16.9. The number of nitriles is 1. The molecular formula is C24H19ClFN5O4. The maximum absolute atomic E-state index is 14.6. The van der Waals surface area contributed by atoms with Crippen molar-refractivity contribution >= 4 is 34.3 Å². The van der Waals surface area contributed by atoms with E-state index in [4.69, 9.17) is 26.2 Å². The second-order valence-corrected chi connectivity index (χ2v) is 7.76. The molecule has 0 saturated heterocycles. The lowest BCUT2D eigenvalue weighted by atomic mass is 10.1. The minimum Gasteiger partial charge on any atom is -0.496 e. The maximum atomic E-state index is 14.6. The number of hydrogen-bond donors (Lipinski definition) is 2. The highest BCUT2D eigenvalue weighted by atomic mass is 35.5. The van der Waals surface area contributed by atoms with Gasteiger partial charge in [0.15, 0.2) is 6.61 Å². The lowest BCUT2D eigenvalue weighted by Gasteiger charge is -2.11. The molecule has 0 spiro atoms. The molecule has 9 nitrogen and oxygen atoms in total. The molecule has 2 aromatic heterocycles. The Balaban J connectivity index is 1.50. The van der Waals surface area contributed by atoms with Crippen LogP contribution in [-0.2, 0) is 11.3 Å². The van der Waals surface area contributed by atoms with Crippen LogP contribution in [0.15, 0.2) is 48.8 Å². The summed E-state index contributed by atoms with van der Waals surface area (Å²) in [7, 11) is 1.49. The van der Waals surface area contributed by atoms with Crippen LogP contribution >= 0.6 is 11.6 Å². The summed E-state index contributed by atoms with van der Waals surface area (Å²) in [5.41, 5.74) is 1.87. The first-order valence-electron chi connectivity index (χ1n) is 10.4. The highest BCUT2D eigenvalue weighted by Gasteiger charge is 2.16. The Labute approximate surface area is 204 Å². The number of nitrogens with zero attached hydrogens (tertiary/aromatic N) is 4. The summed E-state index contributed by atoms with van der Waals surface area (Å²) in [6.07, 6.45) is 1.39. The first-order valence-corrected chi connectivity index (χ1v) is 10.8. The summed E-state index contributed by atoms with van der Waals surface area (Å²) in [4.78, 5) is 19.1. The van der Waals surface area contributed by atoms with Crippen LogP contribution in [0.3, 0.4) is 0 Å². The molecule has 0 unspecified atom stereocenters. The third kappa shape index (κ3) is 5.10. The molecule has 4 aromatic rings. The van der Waals surface area contributed by atoms with Crippen LogP contribution in [-0.4, -0.2) is 45.9 Å². The van der Waals surface area contributed by atoms with Gasteiger partial charge in [0.25, 0.3) is 0 Å². The monoisotopic (exact) mass is 495 g/mol. The van der Waals surface area contributed by atoms with Crippen LogP contribution in [0.2, 0.25) is 5.02 Å². The van der Waals surface area contributed by atoms with Crippen molar-refractivity contribution in [1.29, 1.82) is 5.26 Å². The van der Waals surface area contributed by atoms with E-state index in [0.717, 1.165) is 0 Å². The molecule has 0 atom stereocenters. The summed E-state index contributed by atoms with van der Waals surface area (Å²) in [6.45, 7) is 0.160. The number of carboxylic acid groups (broad SMARTS) is 1. The van der Waals surface area contributed by atoms with E-state index in [0.29, 0.717) is 52.5 Å². The molecule has 0 radical (unpaired) electrons. The van der Waals surface area contributed by atoms with Crippen molar-refractivity contribution in [3.05, 3.63) is 65.3 Å². The summed E-state index contributed by atoms with van der Waals surface area (Å²) in [5, 5.41) is 22.2. The van der Waals surface area contributed by atoms with E-state index < -0.39 is 18.4 Å². The van der Waals surface area contributed by atoms with Gasteiger partial charge in [-0.05, 0) is 36.4 Å². The standard InChI is InChI=1S/C24H19ClFN5O4/c1-34-20-5-3-18(26)24-16(20)9-15(11-27)31(24)7-6-28-22-10-19(29-13-30-22)14-2-4-21(17(25)8-14)35-12-23(32)33/h2-5,8-10,13H,6-7,12H2,1H3,(H,32,33)(H,28,29,30). The molecular weight excluding hydrogens is 477 g/mol. The maximum Gasteiger partial charge on any atom is 0.341 e. The van der Waals surface area contributed by atoms with Gasteiger partial charge >= 0.3 is 5.97 Å². The normalized spacial score (nSPS) is 10.7. The Kier molecular flexibility index (Phi) is 6.98. The first kappa shape index (κ1) is 23.8. The average Bonchev–Trinajstić information content (AvgIpc) is 3.23. The molecule has 2 heterocycles. The molecule has 0 aliphatic carbocycles. The number of hydrogen-bond acceptors (Lipinski definition) is 7. The molecule has 178 valence electrons. The van der Waals surface area contributed by atoms with Crippen LogP contribution in [0, 0.1) is 17.1 Å². The second-order valence-electron chi connectivity index (χ2n) is 7.35. The van der Waals surface area contributed by atoms with Crippen molar-refractivity contribution in [2.45, 2.75) is 6.54 Å². The van der Waals surface area contributed by atoms with Gasteiger partial charge in [0.1, 0.15) is 41.2 Å². The van der Waals surface area contributed by atoms with E-state index in [9.17, 15) is 14.4 Å². The molecule has 2 N–H and O–H groups in total. The largest absolute Gasteiger partial charge is 0.496 e. The zero-order valence-electron chi connectivity index (χ0n) is 18.5. The predicted molar refractivity (Wildman–Crippen MR) is 127 cm³/mol. The van der Waals surface area contributed by atoms with Crippen molar-refractivity contribution in [3.8, 4) is 28.8 Å². The molecule has 0 saturated carbocycles. The highest BCUT2D eigenvalue weighted by Crippen LogP contribution is 2.32. The number of ether oxygens (including phenoxy) is 2. The summed E-state index contributed by atoms with van der Waals surface area (Å²) in [5.74, 6) is -0.289. The smallest absolute Gasteiger partial charge is 0.341 e. The zero-order valence-corrected chi connectivity index (χ0v) is 19.2. The van der Waals surface area contributed by atoms with E-state index in [1.54, 1.807) is 34.9 Å². The number of halogens is 2. The van der Waals surface area contributed by atoms with Crippen LogP contribution in [0.25, 0.3) is 22.2 Å². The van der Waals surface area contributed by atoms with Crippen molar-refractivity contribution in [1.82, 2.24) is 14.5 Å². The average molecular weight is 496 g/mol. The fourth-order valence-corrected chi connectivity index (χ4v) is 3.87. The van der Waals surface area contributed by atoms with Crippen LogP contribution < -0.4 is 14.8 Å². The summed E-state index contributed by atoms with van der Waals surface area (Å²) >= 11 is 6.21. The molecule has 0 aliphatic rings. The van der Waals surface area contributed by atoms with Gasteiger partial charge in [0.2, 0.25) is 0 Å². The number of carbonyl (C=O) groups is 1. The Morgan fingerprint density at radius 3 is 2.74 bits per heavy atom. The van der Waals surface area contributed by atoms with Gasteiger partial charge in [-0.25, -0.2) is 19.2 Å². The molecule has 0 amide bonds. The lowest BCUT2D eigenvalue weighted by Crippen LogP contribution is -2.13. The van der Waals surface area contributed by atoms with Crippen LogP contribution in [0.1, 0.15) is 5.69 Å². The number of aromatic nitrogens is 3. The number of aliphatic carboxylic acids is 1. The van der Waals surface area contributed by atoms with E-state index in [1.807, 2.05) is 0 Å². The lowest BCUT2D eigenvalue weighted by molar-refractivity contribution is -0.139. The van der Waals surface area contributed by atoms with Gasteiger partial charge in [-0.3, -0.25) is 0 Å². The number of anilines is 1. The van der Waals surface area contributed by atoms with Gasteiger partial charge in [-0.15, -0.1) is 0 Å². The minimum atomic E-state index is -1.10. The Hall–Kier alpha value is -4.36.